The maximum absolute atomic E-state index is 4.34. The van der Waals surface area contributed by atoms with Gasteiger partial charge >= 0.3 is 0 Å². The Hall–Kier alpha value is -1.55. The molecule has 1 saturated carbocycles. The Morgan fingerprint density at radius 1 is 1.27 bits per heavy atom. The molecular weight excluding hydrogens is 272 g/mol. The number of hydrogen-bond acceptors (Lipinski definition) is 2. The zero-order chi connectivity index (χ0) is 16.1. The molecule has 1 fully saturated rings. The van der Waals surface area contributed by atoms with Gasteiger partial charge in [-0.1, -0.05) is 23.8 Å². The highest BCUT2D eigenvalue weighted by Gasteiger charge is 2.32. The summed E-state index contributed by atoms with van der Waals surface area (Å²) in [6.45, 7) is 6.05. The lowest BCUT2D eigenvalue weighted by Crippen LogP contribution is -2.45. The summed E-state index contributed by atoms with van der Waals surface area (Å²) in [6, 6.07) is 7.18. The minimum absolute atomic E-state index is 0.597. The zero-order valence-corrected chi connectivity index (χ0v) is 14.6. The standard InChI is InChI=1S/C18H30N4/c1-13-6-7-16(14(2)10-13)11-20-18(19-3)21-12-17(22(4)5)15-8-9-15/h6-7,10,15,17H,8-9,11-12H2,1-5H3,(H2,19,20,21). The van der Waals surface area contributed by atoms with Crippen LogP contribution < -0.4 is 10.6 Å². The van der Waals surface area contributed by atoms with Gasteiger partial charge in [0.1, 0.15) is 0 Å². The lowest BCUT2D eigenvalue weighted by atomic mass is 10.1. The van der Waals surface area contributed by atoms with Crippen molar-refractivity contribution in [3.63, 3.8) is 0 Å². The quantitative estimate of drug-likeness (QED) is 0.626. The van der Waals surface area contributed by atoms with Gasteiger partial charge in [-0.2, -0.15) is 0 Å². The number of nitrogens with zero attached hydrogens (tertiary/aromatic N) is 2. The molecule has 0 aliphatic heterocycles. The Balaban J connectivity index is 1.84. The Kier molecular flexibility index (Phi) is 5.83. The van der Waals surface area contributed by atoms with Crippen LogP contribution in [0.1, 0.15) is 29.5 Å². The fourth-order valence-corrected chi connectivity index (χ4v) is 2.90. The summed E-state index contributed by atoms with van der Waals surface area (Å²) in [5.41, 5.74) is 3.95. The normalized spacial score (nSPS) is 16.7. The monoisotopic (exact) mass is 302 g/mol. The van der Waals surface area contributed by atoms with Crippen molar-refractivity contribution in [2.24, 2.45) is 10.9 Å². The lowest BCUT2D eigenvalue weighted by molar-refractivity contribution is 0.264. The molecule has 0 aromatic heterocycles. The van der Waals surface area contributed by atoms with Gasteiger partial charge in [0.25, 0.3) is 0 Å². The van der Waals surface area contributed by atoms with Gasteiger partial charge in [-0.15, -0.1) is 0 Å². The molecule has 4 nitrogen and oxygen atoms in total. The molecule has 0 bridgehead atoms. The average Bonchev–Trinajstić information content (AvgIpc) is 3.28. The molecule has 0 heterocycles. The molecule has 0 amide bonds. The highest BCUT2D eigenvalue weighted by Crippen LogP contribution is 2.34. The number of nitrogens with one attached hydrogen (secondary N) is 2. The van der Waals surface area contributed by atoms with Crippen LogP contribution in [0.5, 0.6) is 0 Å². The van der Waals surface area contributed by atoms with E-state index in [9.17, 15) is 0 Å². The van der Waals surface area contributed by atoms with Crippen LogP contribution in [-0.2, 0) is 6.54 Å². The molecule has 0 radical (unpaired) electrons. The van der Waals surface area contributed by atoms with Gasteiger partial charge in [0.05, 0.1) is 0 Å². The molecule has 2 N–H and O–H groups in total. The van der Waals surface area contributed by atoms with Crippen LogP contribution >= 0.6 is 0 Å². The van der Waals surface area contributed by atoms with Crippen molar-refractivity contribution in [3.8, 4) is 0 Å². The topological polar surface area (TPSA) is 39.7 Å². The van der Waals surface area contributed by atoms with E-state index in [2.05, 4.69) is 66.7 Å². The Morgan fingerprint density at radius 3 is 2.55 bits per heavy atom. The Bertz CT molecular complexity index is 516. The smallest absolute Gasteiger partial charge is 0.191 e. The molecule has 0 spiro atoms. The third kappa shape index (κ3) is 4.73. The summed E-state index contributed by atoms with van der Waals surface area (Å²) >= 11 is 0. The maximum atomic E-state index is 4.34. The highest BCUT2D eigenvalue weighted by molar-refractivity contribution is 5.79. The zero-order valence-electron chi connectivity index (χ0n) is 14.6. The van der Waals surface area contributed by atoms with Crippen LogP contribution in [0, 0.1) is 19.8 Å². The van der Waals surface area contributed by atoms with E-state index in [1.807, 2.05) is 7.05 Å². The van der Waals surface area contributed by atoms with Crippen LogP contribution in [0.2, 0.25) is 0 Å². The van der Waals surface area contributed by atoms with Crippen LogP contribution in [0.25, 0.3) is 0 Å². The fraction of sp³-hybridized carbons (Fsp3) is 0.611. The SMILES string of the molecule is CN=C(NCc1ccc(C)cc1C)NCC(C1CC1)N(C)C. The molecule has 2 rings (SSSR count). The van der Waals surface area contributed by atoms with Gasteiger partial charge in [-0.3, -0.25) is 4.99 Å². The second kappa shape index (κ2) is 7.63. The highest BCUT2D eigenvalue weighted by atomic mass is 15.2. The van der Waals surface area contributed by atoms with Crippen molar-refractivity contribution in [2.45, 2.75) is 39.3 Å². The second-order valence-corrected chi connectivity index (χ2v) is 6.60. The van der Waals surface area contributed by atoms with Gasteiger partial charge in [-0.25, -0.2) is 0 Å². The number of hydrogen-bond donors (Lipinski definition) is 2. The summed E-state index contributed by atoms with van der Waals surface area (Å²) in [5, 5.41) is 6.89. The van der Waals surface area contributed by atoms with E-state index in [1.54, 1.807) is 0 Å². The summed E-state index contributed by atoms with van der Waals surface area (Å²) in [7, 11) is 6.16. The molecule has 4 heteroatoms. The number of benzene rings is 1. The Morgan fingerprint density at radius 2 is 2.00 bits per heavy atom. The minimum Gasteiger partial charge on any atom is -0.355 e. The first kappa shape index (κ1) is 16.8. The number of aliphatic imine (C=N–C) groups is 1. The van der Waals surface area contributed by atoms with Crippen molar-refractivity contribution in [1.29, 1.82) is 0 Å². The molecule has 1 aliphatic carbocycles. The number of guanidine groups is 1. The van der Waals surface area contributed by atoms with E-state index < -0.39 is 0 Å². The van der Waals surface area contributed by atoms with Gasteiger partial charge < -0.3 is 15.5 Å². The lowest BCUT2D eigenvalue weighted by Gasteiger charge is -2.25. The average molecular weight is 302 g/mol. The first-order chi connectivity index (χ1) is 10.5. The van der Waals surface area contributed by atoms with Crippen molar-refractivity contribution in [3.05, 3.63) is 34.9 Å². The molecule has 1 unspecified atom stereocenters. The third-order valence-corrected chi connectivity index (χ3v) is 4.48. The summed E-state index contributed by atoms with van der Waals surface area (Å²) in [4.78, 5) is 6.66. The molecule has 1 aromatic rings. The fourth-order valence-electron chi connectivity index (χ4n) is 2.90. The van der Waals surface area contributed by atoms with Gasteiger partial charge in [0.15, 0.2) is 5.96 Å². The molecular formula is C18H30N4. The largest absolute Gasteiger partial charge is 0.355 e. The number of likely N-dealkylation sites (N-methyl/N-ethyl adjacent to an activating group) is 1. The molecule has 0 saturated heterocycles. The number of aryl methyl sites for hydroxylation is 2. The predicted molar refractivity (Wildman–Crippen MR) is 94.3 cm³/mol. The molecule has 1 aliphatic rings. The van der Waals surface area contributed by atoms with E-state index in [4.69, 9.17) is 0 Å². The summed E-state index contributed by atoms with van der Waals surface area (Å²) in [6.07, 6.45) is 2.72. The third-order valence-electron chi connectivity index (χ3n) is 4.48. The molecule has 1 atom stereocenters. The van der Waals surface area contributed by atoms with Gasteiger partial charge in [-0.05, 0) is 57.8 Å². The van der Waals surface area contributed by atoms with Crippen LogP contribution in [-0.4, -0.2) is 44.6 Å². The second-order valence-electron chi connectivity index (χ2n) is 6.60. The molecule has 22 heavy (non-hydrogen) atoms. The van der Waals surface area contributed by atoms with Crippen molar-refractivity contribution in [2.75, 3.05) is 27.7 Å². The van der Waals surface area contributed by atoms with E-state index in [-0.39, 0.29) is 0 Å². The first-order valence-corrected chi connectivity index (χ1v) is 8.18. The first-order valence-electron chi connectivity index (χ1n) is 8.18. The van der Waals surface area contributed by atoms with Crippen molar-refractivity contribution >= 4 is 5.96 Å². The van der Waals surface area contributed by atoms with E-state index in [0.717, 1.165) is 25.0 Å². The maximum Gasteiger partial charge on any atom is 0.191 e. The predicted octanol–water partition coefficient (Wildman–Crippen LogP) is 2.31. The molecule has 1 aromatic carbocycles. The van der Waals surface area contributed by atoms with Crippen LogP contribution in [0.3, 0.4) is 0 Å². The van der Waals surface area contributed by atoms with E-state index in [1.165, 1.54) is 29.5 Å². The van der Waals surface area contributed by atoms with Gasteiger partial charge in [0, 0.05) is 26.2 Å². The van der Waals surface area contributed by atoms with Crippen LogP contribution in [0.15, 0.2) is 23.2 Å². The molecule has 122 valence electrons. The number of rotatable bonds is 6. The summed E-state index contributed by atoms with van der Waals surface area (Å²) < 4.78 is 0. The van der Waals surface area contributed by atoms with Crippen LogP contribution in [0.4, 0.5) is 0 Å². The van der Waals surface area contributed by atoms with Crippen molar-refractivity contribution in [1.82, 2.24) is 15.5 Å². The minimum atomic E-state index is 0.597. The van der Waals surface area contributed by atoms with Gasteiger partial charge in [0.2, 0.25) is 0 Å². The van der Waals surface area contributed by atoms with E-state index >= 15 is 0 Å². The van der Waals surface area contributed by atoms with E-state index in [0.29, 0.717) is 6.04 Å². The van der Waals surface area contributed by atoms with Crippen molar-refractivity contribution < 1.29 is 0 Å². The summed E-state index contributed by atoms with van der Waals surface area (Å²) in [5.74, 6) is 1.73. The Labute approximate surface area is 135 Å².